The second kappa shape index (κ2) is 25.9. The molecule has 9 aromatic carbocycles. The molecule has 0 fully saturated rings. The topological polar surface area (TPSA) is 17.1 Å². The zero-order valence-corrected chi connectivity index (χ0v) is 37.9. The van der Waals surface area contributed by atoms with Gasteiger partial charge in [-0.3, -0.25) is 6.79 Å². The van der Waals surface area contributed by atoms with Crippen molar-refractivity contribution in [3.05, 3.63) is 273 Å². The standard InChI is InChI=1S/3C18H15P.CHO.Rh.H/c3*1-4-10-16(11-5-1)19(17-12-6-2-7-13-17)18-14-8-3-9-15-18;1-2;;/h3*1-15H;1H;;/q;;;-1;;-1/p+3. The Morgan fingerprint density at radius 3 is 0.367 bits per heavy atom. The van der Waals surface area contributed by atoms with Crippen LogP contribution in [0.3, 0.4) is 0 Å². The molecular formula is C55H50OP3Rh+. The van der Waals surface area contributed by atoms with E-state index in [2.05, 4.69) is 280 Å². The third-order valence-electron chi connectivity index (χ3n) is 9.56. The molecule has 0 aliphatic carbocycles. The van der Waals surface area contributed by atoms with E-state index in [0.29, 0.717) is 0 Å². The van der Waals surface area contributed by atoms with Gasteiger partial charge in [0.15, 0.2) is 0 Å². The minimum atomic E-state index is -0.877. The molecule has 60 heavy (non-hydrogen) atoms. The van der Waals surface area contributed by atoms with E-state index in [9.17, 15) is 0 Å². The minimum Gasteiger partial charge on any atom is -1.00 e. The Morgan fingerprint density at radius 2 is 0.283 bits per heavy atom. The van der Waals surface area contributed by atoms with Crippen LogP contribution in [-0.2, 0) is 24.3 Å². The molecule has 0 aliphatic rings. The molecule has 0 amide bonds. The SMILES string of the molecule is [CH-]=O.[H-].[Rh].c1ccc([PH+](c2ccccc2)c2ccccc2)cc1.c1ccc([PH+](c2ccccc2)c2ccccc2)cc1.c1ccc([PH+](c2ccccc2)c2ccccc2)cc1. The Morgan fingerprint density at radius 1 is 0.200 bits per heavy atom. The first-order valence-electron chi connectivity index (χ1n) is 19.7. The Hall–Kier alpha value is -5.44. The van der Waals surface area contributed by atoms with Crippen molar-refractivity contribution < 1.29 is 25.7 Å². The molecule has 1 nitrogen and oxygen atoms in total. The van der Waals surface area contributed by atoms with Gasteiger partial charge in [-0.2, -0.15) is 0 Å². The number of rotatable bonds is 9. The zero-order chi connectivity index (χ0) is 40.7. The van der Waals surface area contributed by atoms with Crippen LogP contribution < -0.4 is 47.7 Å². The van der Waals surface area contributed by atoms with Gasteiger partial charge < -0.3 is 6.22 Å². The largest absolute Gasteiger partial charge is 1.00 e. The molecule has 0 atom stereocenters. The van der Waals surface area contributed by atoms with Crippen LogP contribution in [0.25, 0.3) is 0 Å². The van der Waals surface area contributed by atoms with Crippen LogP contribution in [0, 0.1) is 0 Å². The van der Waals surface area contributed by atoms with Gasteiger partial charge in [-0.25, -0.2) is 0 Å². The number of hydrogen-bond acceptors (Lipinski definition) is 1. The molecule has 0 saturated carbocycles. The summed E-state index contributed by atoms with van der Waals surface area (Å²) in [6.45, 7) is 3.25. The fourth-order valence-corrected chi connectivity index (χ4v) is 14.7. The Labute approximate surface area is 374 Å². The Balaban J connectivity index is 0.000000194. The first-order valence-corrected chi connectivity index (χ1v) is 24.2. The fraction of sp³-hybridized carbons (Fsp3) is 0. The average Bonchev–Trinajstić information content (AvgIpc) is 3.34. The monoisotopic (exact) mass is 922 g/mol. The van der Waals surface area contributed by atoms with Crippen LogP contribution in [-0.4, -0.2) is 6.79 Å². The molecular weight excluding hydrogens is 872 g/mol. The summed E-state index contributed by atoms with van der Waals surface area (Å²) < 4.78 is 0. The van der Waals surface area contributed by atoms with Crippen molar-refractivity contribution in [2.24, 2.45) is 0 Å². The van der Waals surface area contributed by atoms with Crippen LogP contribution in [0.5, 0.6) is 0 Å². The molecule has 1 radical (unpaired) electrons. The molecule has 0 aliphatic heterocycles. The molecule has 0 saturated heterocycles. The van der Waals surface area contributed by atoms with Crippen LogP contribution in [0.2, 0.25) is 0 Å². The Kier molecular flexibility index (Phi) is 19.7. The molecule has 0 bridgehead atoms. The smallest absolute Gasteiger partial charge is 0.102 e. The van der Waals surface area contributed by atoms with Gasteiger partial charge in [-0.1, -0.05) is 164 Å². The third kappa shape index (κ3) is 13.3. The molecule has 0 aromatic heterocycles. The van der Waals surface area contributed by atoms with E-state index in [4.69, 9.17) is 4.79 Å². The predicted molar refractivity (Wildman–Crippen MR) is 267 cm³/mol. The van der Waals surface area contributed by atoms with Gasteiger partial charge >= 0.3 is 0 Å². The first-order chi connectivity index (χ1) is 29.3. The van der Waals surface area contributed by atoms with E-state index in [1.165, 1.54) is 47.7 Å². The van der Waals surface area contributed by atoms with E-state index < -0.39 is 23.8 Å². The number of carbonyl (C=O) groups excluding carboxylic acids is 1. The summed E-state index contributed by atoms with van der Waals surface area (Å²) in [6, 6.07) is 97.5. The number of benzene rings is 9. The normalized spacial score (nSPS) is 10.1. The van der Waals surface area contributed by atoms with Crippen molar-refractivity contribution in [2.75, 3.05) is 0 Å². The Bertz CT molecular complexity index is 1890. The summed E-state index contributed by atoms with van der Waals surface area (Å²) in [4.78, 5) is 7.75. The van der Waals surface area contributed by atoms with Crippen molar-refractivity contribution in [3.8, 4) is 0 Å². The maximum absolute atomic E-state index is 7.75. The molecule has 0 heterocycles. The van der Waals surface area contributed by atoms with Crippen LogP contribution in [0.4, 0.5) is 0 Å². The maximum Gasteiger partial charge on any atom is 0.102 e. The summed E-state index contributed by atoms with van der Waals surface area (Å²) >= 11 is 0. The van der Waals surface area contributed by atoms with E-state index in [1.807, 2.05) is 0 Å². The molecule has 299 valence electrons. The average molecular weight is 923 g/mol. The van der Waals surface area contributed by atoms with Crippen molar-refractivity contribution in [3.63, 3.8) is 0 Å². The van der Waals surface area contributed by atoms with Gasteiger partial charge in [0, 0.05) is 19.5 Å². The molecule has 9 aromatic rings. The maximum atomic E-state index is 7.75. The molecule has 5 heteroatoms. The van der Waals surface area contributed by atoms with Crippen LogP contribution in [0.1, 0.15) is 1.43 Å². The minimum absolute atomic E-state index is 0. The van der Waals surface area contributed by atoms with Crippen molar-refractivity contribution in [1.82, 2.24) is 0 Å². The second-order valence-corrected chi connectivity index (χ2v) is 20.9. The molecule has 0 unspecified atom stereocenters. The summed E-state index contributed by atoms with van der Waals surface area (Å²) in [5.41, 5.74) is 0. The first kappa shape index (κ1) is 45.6. The van der Waals surface area contributed by atoms with Crippen LogP contribution >= 0.6 is 23.8 Å². The van der Waals surface area contributed by atoms with Gasteiger partial charge in [-0.05, 0) is 109 Å². The van der Waals surface area contributed by atoms with Gasteiger partial charge in [0.2, 0.25) is 0 Å². The fourth-order valence-electron chi connectivity index (χ4n) is 6.94. The second-order valence-electron chi connectivity index (χ2n) is 13.4. The molecule has 0 spiro atoms. The summed E-state index contributed by atoms with van der Waals surface area (Å²) in [5, 5.41) is 12.9. The predicted octanol–water partition coefficient (Wildman–Crippen LogP) is 9.37. The van der Waals surface area contributed by atoms with Gasteiger partial charge in [-0.15, -0.1) is 0 Å². The molecule has 9 rings (SSSR count). The van der Waals surface area contributed by atoms with Gasteiger partial charge in [0.05, 0.1) is 23.8 Å². The molecule has 0 N–H and O–H groups in total. The van der Waals surface area contributed by atoms with Crippen molar-refractivity contribution >= 4 is 78.3 Å². The summed E-state index contributed by atoms with van der Waals surface area (Å²) in [7, 11) is -2.63. The summed E-state index contributed by atoms with van der Waals surface area (Å²) in [5.74, 6) is 0. The van der Waals surface area contributed by atoms with E-state index in [0.717, 1.165) is 0 Å². The van der Waals surface area contributed by atoms with Crippen molar-refractivity contribution in [1.29, 1.82) is 0 Å². The number of hydrogen-bond donors (Lipinski definition) is 0. The van der Waals surface area contributed by atoms with E-state index in [1.54, 1.807) is 0 Å². The summed E-state index contributed by atoms with van der Waals surface area (Å²) in [6.07, 6.45) is 0. The zero-order valence-electron chi connectivity index (χ0n) is 34.3. The van der Waals surface area contributed by atoms with E-state index in [-0.39, 0.29) is 20.9 Å². The van der Waals surface area contributed by atoms with E-state index >= 15 is 0 Å². The quantitative estimate of drug-likeness (QED) is 0.0611. The third-order valence-corrected chi connectivity index (χ3v) is 17.8. The van der Waals surface area contributed by atoms with Crippen molar-refractivity contribution in [2.45, 2.75) is 0 Å². The van der Waals surface area contributed by atoms with Crippen LogP contribution in [0.15, 0.2) is 273 Å². The van der Waals surface area contributed by atoms with Gasteiger partial charge in [0.1, 0.15) is 47.7 Å². The van der Waals surface area contributed by atoms with Gasteiger partial charge in [0.25, 0.3) is 0 Å².